The average molecular weight is 573 g/mol. The minimum atomic E-state index is -0.407. The van der Waals surface area contributed by atoms with E-state index in [-0.39, 0.29) is 29.9 Å². The number of anilines is 1. The first-order valence-electron chi connectivity index (χ1n) is 13.4. The van der Waals surface area contributed by atoms with E-state index >= 15 is 0 Å². The van der Waals surface area contributed by atoms with Gasteiger partial charge < -0.3 is 14.4 Å². The maximum Gasteiger partial charge on any atom is 0.242 e. The molecule has 1 unspecified atom stereocenters. The molecule has 0 radical (unpaired) electrons. The maximum absolute atomic E-state index is 14.5. The Balaban J connectivity index is 1.58. The number of morpholine rings is 1. The van der Waals surface area contributed by atoms with Gasteiger partial charge in [-0.05, 0) is 42.0 Å². The number of carbonyl (C=O) groups excluding carboxylic acids is 2. The van der Waals surface area contributed by atoms with Crippen LogP contribution in [0.2, 0.25) is 0 Å². The van der Waals surface area contributed by atoms with Gasteiger partial charge in [-0.3, -0.25) is 14.5 Å². The number of thioether (sulfide) groups is 1. The molecule has 0 spiro atoms. The number of amides is 2. The van der Waals surface area contributed by atoms with Crippen molar-refractivity contribution < 1.29 is 23.5 Å². The maximum atomic E-state index is 14.5. The Kier molecular flexibility index (Phi) is 7.76. The Hall–Kier alpha value is -4.15. The van der Waals surface area contributed by atoms with Crippen molar-refractivity contribution in [1.29, 1.82) is 0 Å². The van der Waals surface area contributed by atoms with Crippen molar-refractivity contribution >= 4 is 29.4 Å². The summed E-state index contributed by atoms with van der Waals surface area (Å²) >= 11 is 1.41. The van der Waals surface area contributed by atoms with Crippen LogP contribution in [-0.2, 0) is 14.3 Å². The molecule has 41 heavy (non-hydrogen) atoms. The first kappa shape index (κ1) is 27.0. The molecule has 8 nitrogen and oxygen atoms in total. The molecule has 6 rings (SSSR count). The lowest BCUT2D eigenvalue weighted by atomic mass is 9.99. The summed E-state index contributed by atoms with van der Waals surface area (Å²) in [4.78, 5) is 30.6. The molecule has 210 valence electrons. The molecule has 3 aromatic carbocycles. The molecule has 0 bridgehead atoms. The fraction of sp³-hybridized carbons (Fsp3) is 0.258. The molecule has 2 amide bonds. The second-order valence-electron chi connectivity index (χ2n) is 9.78. The van der Waals surface area contributed by atoms with Crippen LogP contribution in [0.3, 0.4) is 0 Å². The number of hydrogen-bond acceptors (Lipinski definition) is 6. The predicted octanol–water partition coefficient (Wildman–Crippen LogP) is 4.72. The van der Waals surface area contributed by atoms with Gasteiger partial charge in [0, 0.05) is 24.2 Å². The lowest BCUT2D eigenvalue weighted by Gasteiger charge is -2.30. The Morgan fingerprint density at radius 1 is 1.05 bits per heavy atom. The van der Waals surface area contributed by atoms with Crippen molar-refractivity contribution in [3.8, 4) is 22.7 Å². The summed E-state index contributed by atoms with van der Waals surface area (Å²) in [7, 11) is 1.60. The Labute approximate surface area is 241 Å². The third-order valence-electron chi connectivity index (χ3n) is 7.26. The van der Waals surface area contributed by atoms with Crippen molar-refractivity contribution in [1.82, 2.24) is 14.7 Å². The molecular weight excluding hydrogens is 543 g/mol. The summed E-state index contributed by atoms with van der Waals surface area (Å²) in [6.45, 7) is 1.73. The molecule has 1 aromatic heterocycles. The van der Waals surface area contributed by atoms with Crippen LogP contribution in [0.25, 0.3) is 16.9 Å². The number of fused-ring (bicyclic) bond motifs is 1. The van der Waals surface area contributed by atoms with Gasteiger partial charge in [0.25, 0.3) is 0 Å². The highest BCUT2D eigenvalue weighted by molar-refractivity contribution is 8.00. The van der Waals surface area contributed by atoms with Crippen LogP contribution < -0.4 is 9.64 Å². The van der Waals surface area contributed by atoms with Crippen LogP contribution in [0.4, 0.5) is 10.2 Å². The number of carbonyl (C=O) groups is 2. The zero-order valence-corrected chi connectivity index (χ0v) is 23.4. The van der Waals surface area contributed by atoms with Gasteiger partial charge in [0.2, 0.25) is 11.8 Å². The quantitative estimate of drug-likeness (QED) is 0.333. The molecule has 0 N–H and O–H groups in total. The van der Waals surface area contributed by atoms with Crippen LogP contribution in [0, 0.1) is 5.82 Å². The molecular formula is C31H29FN4O4S. The van der Waals surface area contributed by atoms with Crippen LogP contribution in [-0.4, -0.2) is 72.2 Å². The summed E-state index contributed by atoms with van der Waals surface area (Å²) in [6.07, 6.45) is 0. The highest BCUT2D eigenvalue weighted by atomic mass is 32.2. The number of hydrogen-bond donors (Lipinski definition) is 0. The second-order valence-corrected chi connectivity index (χ2v) is 10.9. The topological polar surface area (TPSA) is 76.9 Å². The zero-order valence-electron chi connectivity index (χ0n) is 22.5. The summed E-state index contributed by atoms with van der Waals surface area (Å²) in [5.41, 5.74) is 3.69. The Morgan fingerprint density at radius 3 is 2.51 bits per heavy atom. The molecule has 1 fully saturated rings. The van der Waals surface area contributed by atoms with Gasteiger partial charge in [-0.15, -0.1) is 11.8 Å². The van der Waals surface area contributed by atoms with Crippen LogP contribution in [0.1, 0.15) is 16.4 Å². The van der Waals surface area contributed by atoms with E-state index in [1.54, 1.807) is 27.7 Å². The standard InChI is InChI=1S/C31H29FN4O4S/c1-39-25-12-10-24(11-13-25)36-31-28(29(33-36)21-6-3-2-4-7-21)30(22-8-5-9-23(32)18-22)41-20-27(38)35(31)19-26(37)34-14-16-40-17-15-34/h2-13,18,30H,14-17,19-20H2,1H3. The summed E-state index contributed by atoms with van der Waals surface area (Å²) in [6, 6.07) is 23.5. The fourth-order valence-corrected chi connectivity index (χ4v) is 6.40. The van der Waals surface area contributed by atoms with Gasteiger partial charge in [-0.2, -0.15) is 5.10 Å². The number of halogens is 1. The van der Waals surface area contributed by atoms with Crippen molar-refractivity contribution in [2.24, 2.45) is 0 Å². The predicted molar refractivity (Wildman–Crippen MR) is 156 cm³/mol. The molecule has 4 aromatic rings. The molecule has 2 aliphatic rings. The third-order valence-corrected chi connectivity index (χ3v) is 8.52. The summed E-state index contributed by atoms with van der Waals surface area (Å²) in [5.74, 6) is 0.557. The monoisotopic (exact) mass is 572 g/mol. The number of benzene rings is 3. The van der Waals surface area contributed by atoms with Gasteiger partial charge in [0.1, 0.15) is 23.9 Å². The van der Waals surface area contributed by atoms with Gasteiger partial charge >= 0.3 is 0 Å². The minimum absolute atomic E-state index is 0.114. The van der Waals surface area contributed by atoms with E-state index in [0.717, 1.165) is 16.7 Å². The lowest BCUT2D eigenvalue weighted by Crippen LogP contribution is -2.48. The van der Waals surface area contributed by atoms with Crippen molar-refractivity contribution in [3.05, 3.63) is 95.8 Å². The SMILES string of the molecule is COc1ccc(-n2nc(-c3ccccc3)c3c2N(CC(=O)N2CCOCC2)C(=O)CSC3c2cccc(F)c2)cc1. The molecule has 0 aliphatic carbocycles. The number of ether oxygens (including phenoxy) is 2. The first-order chi connectivity index (χ1) is 20.0. The number of aromatic nitrogens is 2. The van der Waals surface area contributed by atoms with Crippen molar-refractivity contribution in [3.63, 3.8) is 0 Å². The van der Waals surface area contributed by atoms with Gasteiger partial charge in [-0.25, -0.2) is 9.07 Å². The van der Waals surface area contributed by atoms with E-state index in [9.17, 15) is 14.0 Å². The fourth-order valence-electron chi connectivity index (χ4n) is 5.21. The minimum Gasteiger partial charge on any atom is -0.497 e. The second kappa shape index (κ2) is 11.8. The van der Waals surface area contributed by atoms with Gasteiger partial charge in [0.15, 0.2) is 0 Å². The van der Waals surface area contributed by atoms with Gasteiger partial charge in [0.05, 0.1) is 42.7 Å². The van der Waals surface area contributed by atoms with E-state index < -0.39 is 5.25 Å². The summed E-state index contributed by atoms with van der Waals surface area (Å²) < 4.78 is 27.0. The lowest BCUT2D eigenvalue weighted by molar-refractivity contribution is -0.134. The number of rotatable bonds is 6. The Morgan fingerprint density at radius 2 is 1.80 bits per heavy atom. The third kappa shape index (κ3) is 5.45. The largest absolute Gasteiger partial charge is 0.497 e. The van der Waals surface area contributed by atoms with Gasteiger partial charge in [-0.1, -0.05) is 42.5 Å². The van der Waals surface area contributed by atoms with E-state index in [1.165, 1.54) is 23.9 Å². The van der Waals surface area contributed by atoms with E-state index in [0.29, 0.717) is 49.3 Å². The summed E-state index contributed by atoms with van der Waals surface area (Å²) in [5, 5.41) is 4.66. The van der Waals surface area contributed by atoms with E-state index in [2.05, 4.69) is 0 Å². The smallest absolute Gasteiger partial charge is 0.242 e. The number of methoxy groups -OCH3 is 1. The van der Waals surface area contributed by atoms with E-state index in [4.69, 9.17) is 14.6 Å². The Bertz CT molecular complexity index is 1550. The highest BCUT2D eigenvalue weighted by Gasteiger charge is 2.38. The van der Waals surface area contributed by atoms with Crippen LogP contribution in [0.15, 0.2) is 78.9 Å². The van der Waals surface area contributed by atoms with Crippen molar-refractivity contribution in [2.75, 3.05) is 50.6 Å². The van der Waals surface area contributed by atoms with E-state index in [1.807, 2.05) is 60.7 Å². The van der Waals surface area contributed by atoms with Crippen LogP contribution in [0.5, 0.6) is 5.75 Å². The van der Waals surface area contributed by atoms with Crippen LogP contribution >= 0.6 is 11.8 Å². The normalized spacial score (nSPS) is 17.2. The first-order valence-corrected chi connectivity index (χ1v) is 14.4. The molecule has 1 atom stereocenters. The molecule has 2 aliphatic heterocycles. The zero-order chi connectivity index (χ0) is 28.3. The molecule has 0 saturated carbocycles. The average Bonchev–Trinajstić information content (AvgIpc) is 3.34. The molecule has 1 saturated heterocycles. The molecule has 10 heteroatoms. The highest BCUT2D eigenvalue weighted by Crippen LogP contribution is 2.48. The molecule has 3 heterocycles. The van der Waals surface area contributed by atoms with Crippen molar-refractivity contribution in [2.45, 2.75) is 5.25 Å². The number of nitrogens with zero attached hydrogens (tertiary/aromatic N) is 4.